The Labute approximate surface area is 171 Å². The molecular weight excluding hydrogens is 360 g/mol. The molecule has 146 valence electrons. The number of anilines is 1. The van der Waals surface area contributed by atoms with Crippen LogP contribution in [0.2, 0.25) is 0 Å². The predicted molar refractivity (Wildman–Crippen MR) is 114 cm³/mol. The molecule has 2 amide bonds. The number of hydrogen-bond donors (Lipinski definition) is 0. The number of rotatable bonds is 4. The van der Waals surface area contributed by atoms with Gasteiger partial charge in [-0.25, -0.2) is 0 Å². The van der Waals surface area contributed by atoms with E-state index < -0.39 is 11.8 Å². The number of nitrogens with zero attached hydrogens (tertiary/aromatic N) is 2. The van der Waals surface area contributed by atoms with Gasteiger partial charge in [-0.2, -0.15) is 0 Å². The van der Waals surface area contributed by atoms with Crippen LogP contribution >= 0.6 is 0 Å². The fraction of sp³-hybridized carbons (Fsp3) is 0.200. The Hall–Kier alpha value is -3.40. The first-order valence-electron chi connectivity index (χ1n) is 9.91. The minimum Gasteiger partial charge on any atom is -0.326 e. The Bertz CT molecular complexity index is 960. The van der Waals surface area contributed by atoms with Gasteiger partial charge in [0.15, 0.2) is 0 Å². The number of benzene rings is 3. The highest BCUT2D eigenvalue weighted by atomic mass is 16.2. The van der Waals surface area contributed by atoms with Crippen molar-refractivity contribution < 1.29 is 9.59 Å². The van der Waals surface area contributed by atoms with Gasteiger partial charge in [-0.15, -0.1) is 0 Å². The summed E-state index contributed by atoms with van der Waals surface area (Å²) in [7, 11) is 0. The highest BCUT2D eigenvalue weighted by molar-refractivity contribution is 6.40. The van der Waals surface area contributed by atoms with E-state index in [1.165, 1.54) is 0 Å². The highest BCUT2D eigenvalue weighted by Gasteiger charge is 2.36. The first-order chi connectivity index (χ1) is 14.1. The van der Waals surface area contributed by atoms with E-state index in [1.54, 1.807) is 9.80 Å². The molecule has 1 aliphatic rings. The predicted octanol–water partition coefficient (Wildman–Crippen LogP) is 4.19. The SMILES string of the molecule is CC1Cc2ccccc2N1C(=O)C(=O)N(Cc1ccccc1)Cc1ccccc1. The quantitative estimate of drug-likeness (QED) is 0.633. The van der Waals surface area contributed by atoms with E-state index in [2.05, 4.69) is 0 Å². The smallest absolute Gasteiger partial charge is 0.316 e. The van der Waals surface area contributed by atoms with Crippen LogP contribution in [0.4, 0.5) is 5.69 Å². The van der Waals surface area contributed by atoms with Crippen LogP contribution in [0.5, 0.6) is 0 Å². The molecule has 3 aromatic rings. The van der Waals surface area contributed by atoms with Crippen molar-refractivity contribution in [3.8, 4) is 0 Å². The normalized spacial score (nSPS) is 15.1. The van der Waals surface area contributed by atoms with E-state index in [1.807, 2.05) is 91.9 Å². The fourth-order valence-corrected chi connectivity index (χ4v) is 3.92. The number of hydrogen-bond acceptors (Lipinski definition) is 2. The Morgan fingerprint density at radius 1 is 0.828 bits per heavy atom. The molecule has 4 rings (SSSR count). The van der Waals surface area contributed by atoms with Crippen molar-refractivity contribution in [1.82, 2.24) is 4.90 Å². The molecule has 1 heterocycles. The Balaban J connectivity index is 1.61. The lowest BCUT2D eigenvalue weighted by Gasteiger charge is -2.27. The molecule has 0 saturated carbocycles. The molecule has 0 fully saturated rings. The zero-order chi connectivity index (χ0) is 20.2. The second kappa shape index (κ2) is 8.31. The summed E-state index contributed by atoms with van der Waals surface area (Å²) < 4.78 is 0. The molecule has 0 aromatic heterocycles. The van der Waals surface area contributed by atoms with E-state index in [0.29, 0.717) is 13.1 Å². The number of carbonyl (C=O) groups excluding carboxylic acids is 2. The summed E-state index contributed by atoms with van der Waals surface area (Å²) in [4.78, 5) is 29.9. The van der Waals surface area contributed by atoms with E-state index >= 15 is 0 Å². The van der Waals surface area contributed by atoms with Gasteiger partial charge in [0.25, 0.3) is 0 Å². The third kappa shape index (κ3) is 4.06. The Morgan fingerprint density at radius 3 is 1.93 bits per heavy atom. The van der Waals surface area contributed by atoms with Crippen molar-refractivity contribution in [1.29, 1.82) is 0 Å². The average Bonchev–Trinajstić information content (AvgIpc) is 3.09. The average molecular weight is 384 g/mol. The van der Waals surface area contributed by atoms with Gasteiger partial charge in [0, 0.05) is 24.8 Å². The summed E-state index contributed by atoms with van der Waals surface area (Å²) in [6, 6.07) is 27.4. The summed E-state index contributed by atoms with van der Waals surface area (Å²) in [5.74, 6) is -0.935. The van der Waals surface area contributed by atoms with E-state index in [-0.39, 0.29) is 6.04 Å². The van der Waals surface area contributed by atoms with Gasteiger partial charge in [-0.1, -0.05) is 78.9 Å². The number of amides is 2. The van der Waals surface area contributed by atoms with Crippen LogP contribution in [0.15, 0.2) is 84.9 Å². The van der Waals surface area contributed by atoms with Gasteiger partial charge in [0.2, 0.25) is 0 Å². The van der Waals surface area contributed by atoms with Crippen molar-refractivity contribution in [2.45, 2.75) is 32.5 Å². The summed E-state index contributed by atoms with van der Waals surface area (Å²) in [6.07, 6.45) is 0.770. The van der Waals surface area contributed by atoms with E-state index in [0.717, 1.165) is 28.8 Å². The van der Waals surface area contributed by atoms with Crippen molar-refractivity contribution >= 4 is 17.5 Å². The molecule has 1 atom stereocenters. The van der Waals surface area contributed by atoms with Gasteiger partial charge in [-0.3, -0.25) is 9.59 Å². The molecule has 0 spiro atoms. The molecule has 29 heavy (non-hydrogen) atoms. The van der Waals surface area contributed by atoms with Crippen molar-refractivity contribution in [3.05, 3.63) is 102 Å². The van der Waals surface area contributed by atoms with Crippen LogP contribution in [0.3, 0.4) is 0 Å². The zero-order valence-electron chi connectivity index (χ0n) is 16.5. The van der Waals surface area contributed by atoms with Gasteiger partial charge < -0.3 is 9.80 Å². The van der Waals surface area contributed by atoms with E-state index in [4.69, 9.17) is 0 Å². The summed E-state index contributed by atoms with van der Waals surface area (Å²) in [5.41, 5.74) is 3.95. The summed E-state index contributed by atoms with van der Waals surface area (Å²) in [6.45, 7) is 2.78. The third-order valence-corrected chi connectivity index (χ3v) is 5.33. The topological polar surface area (TPSA) is 40.6 Å². The fourth-order valence-electron chi connectivity index (χ4n) is 3.92. The van der Waals surface area contributed by atoms with Crippen molar-refractivity contribution in [2.75, 3.05) is 4.90 Å². The lowest BCUT2D eigenvalue weighted by molar-refractivity contribution is -0.145. The largest absolute Gasteiger partial charge is 0.326 e. The molecule has 1 unspecified atom stereocenters. The van der Waals surface area contributed by atoms with E-state index in [9.17, 15) is 9.59 Å². The second-order valence-corrected chi connectivity index (χ2v) is 7.49. The van der Waals surface area contributed by atoms with Crippen molar-refractivity contribution in [3.63, 3.8) is 0 Å². The third-order valence-electron chi connectivity index (χ3n) is 5.33. The Morgan fingerprint density at radius 2 is 1.34 bits per heavy atom. The van der Waals surface area contributed by atoms with Crippen LogP contribution in [0, 0.1) is 0 Å². The van der Waals surface area contributed by atoms with Crippen LogP contribution in [-0.2, 0) is 29.1 Å². The van der Waals surface area contributed by atoms with Crippen LogP contribution in [0.25, 0.3) is 0 Å². The minimum atomic E-state index is -0.471. The van der Waals surface area contributed by atoms with Gasteiger partial charge >= 0.3 is 11.8 Å². The Kier molecular flexibility index (Phi) is 5.43. The zero-order valence-corrected chi connectivity index (χ0v) is 16.5. The van der Waals surface area contributed by atoms with Crippen molar-refractivity contribution in [2.24, 2.45) is 0 Å². The molecule has 0 saturated heterocycles. The van der Waals surface area contributed by atoms with Crippen LogP contribution in [-0.4, -0.2) is 22.8 Å². The molecule has 4 heteroatoms. The highest BCUT2D eigenvalue weighted by Crippen LogP contribution is 2.32. The van der Waals surface area contributed by atoms with Gasteiger partial charge in [-0.05, 0) is 36.1 Å². The first kappa shape index (κ1) is 18.9. The molecule has 1 aliphatic heterocycles. The van der Waals surface area contributed by atoms with Gasteiger partial charge in [0.1, 0.15) is 0 Å². The maximum atomic E-state index is 13.3. The van der Waals surface area contributed by atoms with Crippen LogP contribution in [0.1, 0.15) is 23.6 Å². The molecule has 0 N–H and O–H groups in total. The number of carbonyl (C=O) groups is 2. The minimum absolute atomic E-state index is 0.0286. The molecule has 3 aromatic carbocycles. The number of fused-ring (bicyclic) bond motifs is 1. The molecule has 4 nitrogen and oxygen atoms in total. The summed E-state index contributed by atoms with van der Waals surface area (Å²) in [5, 5.41) is 0. The molecule has 0 radical (unpaired) electrons. The second-order valence-electron chi connectivity index (χ2n) is 7.49. The molecule has 0 aliphatic carbocycles. The molecule has 0 bridgehead atoms. The number of para-hydroxylation sites is 1. The lowest BCUT2D eigenvalue weighted by atomic mass is 10.1. The van der Waals surface area contributed by atoms with Gasteiger partial charge in [0.05, 0.1) is 0 Å². The maximum Gasteiger partial charge on any atom is 0.316 e. The maximum absolute atomic E-state index is 13.3. The first-order valence-corrected chi connectivity index (χ1v) is 9.91. The van der Waals surface area contributed by atoms with Crippen LogP contribution < -0.4 is 4.90 Å². The lowest BCUT2D eigenvalue weighted by Crippen LogP contribution is -2.47. The monoisotopic (exact) mass is 384 g/mol. The molecular formula is C25H24N2O2. The standard InChI is InChI=1S/C25H24N2O2/c1-19-16-22-14-8-9-15-23(22)27(19)25(29)24(28)26(17-20-10-4-2-5-11-20)18-21-12-6-3-7-13-21/h2-15,19H,16-18H2,1H3. The summed E-state index contributed by atoms with van der Waals surface area (Å²) >= 11 is 0.